The Kier molecular flexibility index (Phi) is 7.41. The van der Waals surface area contributed by atoms with E-state index in [0.717, 1.165) is 0 Å². The van der Waals surface area contributed by atoms with Gasteiger partial charge in [0.1, 0.15) is 0 Å². The lowest BCUT2D eigenvalue weighted by Crippen LogP contribution is -2.26. The van der Waals surface area contributed by atoms with E-state index in [-0.39, 0.29) is 17.1 Å². The number of hydrogen-bond donors (Lipinski definition) is 2. The Hall–Kier alpha value is -0.860. The normalized spacial score (nSPS) is 11.8. The Morgan fingerprint density at radius 2 is 2.00 bits per heavy atom. The summed E-state index contributed by atoms with van der Waals surface area (Å²) in [6.07, 6.45) is 0.574. The van der Waals surface area contributed by atoms with Gasteiger partial charge in [-0.2, -0.15) is 0 Å². The SMILES string of the molecule is COCCOCCCNS(=O)(=O)c1cc(C)c(Cl)c(N)c1. The summed E-state index contributed by atoms with van der Waals surface area (Å²) in [6, 6.07) is 2.85. The molecule has 0 saturated carbocycles. The summed E-state index contributed by atoms with van der Waals surface area (Å²) in [6.45, 7) is 3.48. The fraction of sp³-hybridized carbons (Fsp3) is 0.538. The van der Waals surface area contributed by atoms with E-state index in [9.17, 15) is 8.42 Å². The van der Waals surface area contributed by atoms with E-state index in [0.29, 0.717) is 36.8 Å². The summed E-state index contributed by atoms with van der Waals surface area (Å²) >= 11 is 5.92. The second kappa shape index (κ2) is 8.55. The number of benzene rings is 1. The summed E-state index contributed by atoms with van der Waals surface area (Å²) < 4.78 is 36.8. The predicted molar refractivity (Wildman–Crippen MR) is 83.1 cm³/mol. The zero-order valence-corrected chi connectivity index (χ0v) is 13.8. The lowest BCUT2D eigenvalue weighted by Gasteiger charge is -2.10. The van der Waals surface area contributed by atoms with Crippen LogP contribution in [0.4, 0.5) is 5.69 Å². The molecule has 120 valence electrons. The first kappa shape index (κ1) is 18.2. The van der Waals surface area contributed by atoms with E-state index in [1.165, 1.54) is 12.1 Å². The minimum absolute atomic E-state index is 0.113. The number of rotatable bonds is 9. The van der Waals surface area contributed by atoms with Crippen LogP contribution in [0.1, 0.15) is 12.0 Å². The molecule has 1 aromatic carbocycles. The molecule has 0 spiro atoms. The summed E-state index contributed by atoms with van der Waals surface area (Å²) in [5.41, 5.74) is 6.56. The molecule has 0 fully saturated rings. The van der Waals surface area contributed by atoms with Crippen molar-refractivity contribution in [3.8, 4) is 0 Å². The van der Waals surface area contributed by atoms with E-state index in [4.69, 9.17) is 26.8 Å². The summed E-state index contributed by atoms with van der Waals surface area (Å²) in [5.74, 6) is 0. The first-order valence-corrected chi connectivity index (χ1v) is 8.36. The molecule has 0 heterocycles. The van der Waals surface area contributed by atoms with Crippen LogP contribution in [0.2, 0.25) is 5.02 Å². The van der Waals surface area contributed by atoms with Crippen molar-refractivity contribution >= 4 is 27.3 Å². The maximum absolute atomic E-state index is 12.1. The first-order valence-electron chi connectivity index (χ1n) is 6.50. The van der Waals surface area contributed by atoms with Gasteiger partial charge in [0.15, 0.2) is 0 Å². The molecule has 0 saturated heterocycles. The minimum atomic E-state index is -3.59. The number of halogens is 1. The molecule has 1 rings (SSSR count). The lowest BCUT2D eigenvalue weighted by molar-refractivity contribution is 0.0699. The van der Waals surface area contributed by atoms with Gasteiger partial charge in [-0.3, -0.25) is 0 Å². The van der Waals surface area contributed by atoms with Gasteiger partial charge in [-0.05, 0) is 31.0 Å². The van der Waals surface area contributed by atoms with Gasteiger partial charge in [-0.25, -0.2) is 13.1 Å². The minimum Gasteiger partial charge on any atom is -0.397 e. The molecule has 0 aliphatic rings. The highest BCUT2D eigenvalue weighted by Gasteiger charge is 2.16. The Balaban J connectivity index is 2.51. The van der Waals surface area contributed by atoms with Gasteiger partial charge in [0, 0.05) is 20.3 Å². The van der Waals surface area contributed by atoms with Crippen LogP contribution in [0.3, 0.4) is 0 Å². The molecular weight excluding hydrogens is 316 g/mol. The monoisotopic (exact) mass is 336 g/mol. The van der Waals surface area contributed by atoms with Gasteiger partial charge >= 0.3 is 0 Å². The third-order valence-corrected chi connectivity index (χ3v) is 4.71. The molecule has 0 aromatic heterocycles. The van der Waals surface area contributed by atoms with Crippen LogP contribution < -0.4 is 10.5 Å². The smallest absolute Gasteiger partial charge is 0.240 e. The number of nitrogens with one attached hydrogen (secondary N) is 1. The number of aryl methyl sites for hydroxylation is 1. The fourth-order valence-corrected chi connectivity index (χ4v) is 2.93. The molecule has 1 aromatic rings. The molecule has 0 aliphatic carbocycles. The second-order valence-electron chi connectivity index (χ2n) is 4.50. The summed E-state index contributed by atoms with van der Waals surface area (Å²) in [7, 11) is -1.99. The van der Waals surface area contributed by atoms with Gasteiger partial charge in [-0.1, -0.05) is 11.6 Å². The Labute approximate surface area is 130 Å². The molecule has 8 heteroatoms. The van der Waals surface area contributed by atoms with E-state index >= 15 is 0 Å². The average molecular weight is 337 g/mol. The van der Waals surface area contributed by atoms with E-state index in [1.807, 2.05) is 0 Å². The molecule has 21 heavy (non-hydrogen) atoms. The molecule has 0 amide bonds. The van der Waals surface area contributed by atoms with Gasteiger partial charge in [0.05, 0.1) is 28.8 Å². The molecule has 3 N–H and O–H groups in total. The highest BCUT2D eigenvalue weighted by atomic mass is 35.5. The van der Waals surface area contributed by atoms with Crippen molar-refractivity contribution in [3.63, 3.8) is 0 Å². The van der Waals surface area contributed by atoms with Crippen LogP contribution in [-0.2, 0) is 19.5 Å². The standard InChI is InChI=1S/C13H21ClN2O4S/c1-10-8-11(9-12(15)13(10)14)21(17,18)16-4-3-5-20-7-6-19-2/h8-9,16H,3-7,15H2,1-2H3. The maximum atomic E-state index is 12.1. The van der Waals surface area contributed by atoms with Crippen LogP contribution >= 0.6 is 11.6 Å². The van der Waals surface area contributed by atoms with Crippen molar-refractivity contribution in [2.24, 2.45) is 0 Å². The molecule has 0 atom stereocenters. The van der Waals surface area contributed by atoms with Gasteiger partial charge < -0.3 is 15.2 Å². The topological polar surface area (TPSA) is 90.6 Å². The number of methoxy groups -OCH3 is 1. The molecule has 0 unspecified atom stereocenters. The zero-order chi connectivity index (χ0) is 15.9. The molecular formula is C13H21ClN2O4S. The first-order chi connectivity index (χ1) is 9.88. The largest absolute Gasteiger partial charge is 0.397 e. The second-order valence-corrected chi connectivity index (χ2v) is 6.64. The Bertz CT molecular complexity index is 540. The Morgan fingerprint density at radius 1 is 1.29 bits per heavy atom. The molecule has 0 radical (unpaired) electrons. The predicted octanol–water partition coefficient (Wildman–Crippen LogP) is 1.56. The number of nitrogens with two attached hydrogens (primary N) is 1. The van der Waals surface area contributed by atoms with Gasteiger partial charge in [0.2, 0.25) is 10.0 Å². The number of anilines is 1. The van der Waals surface area contributed by atoms with Crippen molar-refractivity contribution in [2.45, 2.75) is 18.2 Å². The van der Waals surface area contributed by atoms with E-state index in [1.54, 1.807) is 14.0 Å². The molecule has 0 bridgehead atoms. The summed E-state index contributed by atoms with van der Waals surface area (Å²) in [5, 5.41) is 0.375. The number of nitrogen functional groups attached to an aromatic ring is 1. The molecule has 6 nitrogen and oxygen atoms in total. The maximum Gasteiger partial charge on any atom is 0.240 e. The van der Waals surface area contributed by atoms with Gasteiger partial charge in [0.25, 0.3) is 0 Å². The lowest BCUT2D eigenvalue weighted by atomic mass is 10.2. The number of ether oxygens (including phenoxy) is 2. The summed E-state index contributed by atoms with van der Waals surface area (Å²) in [4.78, 5) is 0.113. The molecule has 0 aliphatic heterocycles. The fourth-order valence-electron chi connectivity index (χ4n) is 1.63. The highest BCUT2D eigenvalue weighted by Crippen LogP contribution is 2.26. The van der Waals surface area contributed by atoms with Crippen LogP contribution in [0.25, 0.3) is 0 Å². The highest BCUT2D eigenvalue weighted by molar-refractivity contribution is 7.89. The van der Waals surface area contributed by atoms with Crippen molar-refractivity contribution in [1.82, 2.24) is 4.72 Å². The van der Waals surface area contributed by atoms with E-state index in [2.05, 4.69) is 4.72 Å². The van der Waals surface area contributed by atoms with Crippen molar-refractivity contribution in [1.29, 1.82) is 0 Å². The van der Waals surface area contributed by atoms with Crippen LogP contribution in [0, 0.1) is 6.92 Å². The quantitative estimate of drug-likeness (QED) is 0.527. The third kappa shape index (κ3) is 5.80. The average Bonchev–Trinajstić information content (AvgIpc) is 2.43. The van der Waals surface area contributed by atoms with Crippen molar-refractivity contribution in [3.05, 3.63) is 22.7 Å². The zero-order valence-electron chi connectivity index (χ0n) is 12.2. The number of hydrogen-bond acceptors (Lipinski definition) is 5. The van der Waals surface area contributed by atoms with Gasteiger partial charge in [-0.15, -0.1) is 0 Å². The van der Waals surface area contributed by atoms with Crippen LogP contribution in [0.5, 0.6) is 0 Å². The third-order valence-electron chi connectivity index (χ3n) is 2.76. The number of sulfonamides is 1. The Morgan fingerprint density at radius 3 is 2.62 bits per heavy atom. The van der Waals surface area contributed by atoms with Crippen molar-refractivity contribution < 1.29 is 17.9 Å². The van der Waals surface area contributed by atoms with Crippen LogP contribution in [-0.4, -0.2) is 41.9 Å². The van der Waals surface area contributed by atoms with E-state index < -0.39 is 10.0 Å². The van der Waals surface area contributed by atoms with Crippen LogP contribution in [0.15, 0.2) is 17.0 Å². The van der Waals surface area contributed by atoms with Crippen molar-refractivity contribution in [2.75, 3.05) is 39.2 Å².